The molecule has 110 valence electrons. The predicted molar refractivity (Wildman–Crippen MR) is 94.6 cm³/mol. The Bertz CT molecular complexity index is 470. The smallest absolute Gasteiger partial charge is 0.0522 e. The molecule has 0 bridgehead atoms. The largest absolute Gasteiger partial charge is 0.317 e. The van der Waals surface area contributed by atoms with E-state index in [1.807, 2.05) is 40.7 Å². The summed E-state index contributed by atoms with van der Waals surface area (Å²) >= 11 is 0. The highest BCUT2D eigenvalue weighted by Crippen LogP contribution is 2.22. The summed E-state index contributed by atoms with van der Waals surface area (Å²) in [6.45, 7) is 13.9. The van der Waals surface area contributed by atoms with E-state index in [9.17, 15) is 0 Å². The van der Waals surface area contributed by atoms with Gasteiger partial charge in [-0.3, -0.25) is 0 Å². The van der Waals surface area contributed by atoms with Crippen molar-refractivity contribution in [1.29, 1.82) is 0 Å². The van der Waals surface area contributed by atoms with Gasteiger partial charge in [0, 0.05) is 11.9 Å². The van der Waals surface area contributed by atoms with Gasteiger partial charge in [0.1, 0.15) is 0 Å². The van der Waals surface area contributed by atoms with Crippen LogP contribution in [0.1, 0.15) is 58.7 Å². The molecule has 0 saturated heterocycles. The monoisotopic (exact) mass is 271 g/mol. The Morgan fingerprint density at radius 1 is 1.15 bits per heavy atom. The molecule has 2 rings (SSSR count). The second-order valence-corrected chi connectivity index (χ2v) is 3.84. The van der Waals surface area contributed by atoms with Gasteiger partial charge in [0.25, 0.3) is 0 Å². The minimum Gasteiger partial charge on any atom is -0.317 e. The quantitative estimate of drug-likeness (QED) is 0.598. The summed E-state index contributed by atoms with van der Waals surface area (Å²) in [5, 5.41) is 0. The van der Waals surface area contributed by atoms with Gasteiger partial charge in [0.2, 0.25) is 0 Å². The van der Waals surface area contributed by atoms with E-state index in [-0.39, 0.29) is 0 Å². The third kappa shape index (κ3) is 4.73. The van der Waals surface area contributed by atoms with Crippen molar-refractivity contribution in [1.82, 2.24) is 4.57 Å². The first-order valence-corrected chi connectivity index (χ1v) is 7.70. The highest BCUT2D eigenvalue weighted by atomic mass is 15.0. The van der Waals surface area contributed by atoms with E-state index < -0.39 is 0 Å². The molecule has 1 heteroatoms. The number of hydrogen-bond donors (Lipinski definition) is 0. The first-order valence-electron chi connectivity index (χ1n) is 7.70. The molecule has 1 nitrogen and oxygen atoms in total. The fourth-order valence-electron chi connectivity index (χ4n) is 2.00. The Kier molecular flexibility index (Phi) is 10.1. The number of hydrogen-bond acceptors (Lipinski definition) is 0. The summed E-state index contributed by atoms with van der Waals surface area (Å²) in [5.41, 5.74) is 3.63. The second-order valence-electron chi connectivity index (χ2n) is 3.84. The Hall–Kier alpha value is -1.76. The molecule has 0 fully saturated rings. The number of nitrogens with zero attached hydrogens (tertiary/aromatic N) is 1. The first-order chi connectivity index (χ1) is 9.86. The standard InChI is InChI=1S/C15H17N.2C2H6/c1-3-8-13-11-12-16(15(13)4-2)14-9-6-5-7-10-14;2*1-2/h3-4,6,8-12H,2,5,7H2,1H3;2*1-2H3/b8-3-;;. The summed E-state index contributed by atoms with van der Waals surface area (Å²) < 4.78 is 2.19. The zero-order valence-electron chi connectivity index (χ0n) is 13.7. The van der Waals surface area contributed by atoms with E-state index in [0.29, 0.717) is 0 Å². The van der Waals surface area contributed by atoms with Crippen molar-refractivity contribution in [3.8, 4) is 0 Å². The van der Waals surface area contributed by atoms with E-state index in [2.05, 4.69) is 53.8 Å². The summed E-state index contributed by atoms with van der Waals surface area (Å²) in [4.78, 5) is 0. The molecule has 0 atom stereocenters. The fourth-order valence-corrected chi connectivity index (χ4v) is 2.00. The molecule has 0 radical (unpaired) electrons. The van der Waals surface area contributed by atoms with Crippen LogP contribution in [0, 0.1) is 0 Å². The summed E-state index contributed by atoms with van der Waals surface area (Å²) in [6, 6.07) is 2.13. The lowest BCUT2D eigenvalue weighted by atomic mass is 10.1. The van der Waals surface area contributed by atoms with E-state index in [4.69, 9.17) is 0 Å². The predicted octanol–water partition coefficient (Wildman–Crippen LogP) is 6.41. The lowest BCUT2D eigenvalue weighted by molar-refractivity contribution is 0.997. The third-order valence-corrected chi connectivity index (χ3v) is 2.75. The molecule has 0 N–H and O–H groups in total. The van der Waals surface area contributed by atoms with Crippen LogP contribution in [0.2, 0.25) is 0 Å². The topological polar surface area (TPSA) is 4.93 Å². The van der Waals surface area contributed by atoms with Crippen molar-refractivity contribution < 1.29 is 0 Å². The maximum atomic E-state index is 3.90. The van der Waals surface area contributed by atoms with Gasteiger partial charge in [0.15, 0.2) is 0 Å². The number of aromatic nitrogens is 1. The molecule has 20 heavy (non-hydrogen) atoms. The minimum absolute atomic E-state index is 1.12. The fraction of sp³-hybridized carbons (Fsp3) is 0.368. The summed E-state index contributed by atoms with van der Waals surface area (Å²) in [7, 11) is 0. The molecule has 0 aliphatic heterocycles. The van der Waals surface area contributed by atoms with Crippen molar-refractivity contribution in [3.05, 3.63) is 54.4 Å². The molecule has 0 amide bonds. The minimum atomic E-state index is 1.12. The average molecular weight is 271 g/mol. The molecule has 0 aromatic carbocycles. The van der Waals surface area contributed by atoms with Crippen LogP contribution in [0.5, 0.6) is 0 Å². The second kappa shape index (κ2) is 11.1. The molecule has 1 heterocycles. The van der Waals surface area contributed by atoms with E-state index in [0.717, 1.165) is 18.5 Å². The van der Waals surface area contributed by atoms with Crippen molar-refractivity contribution >= 4 is 17.8 Å². The van der Waals surface area contributed by atoms with Crippen LogP contribution in [-0.4, -0.2) is 4.57 Å². The van der Waals surface area contributed by atoms with E-state index in [1.165, 1.54) is 11.3 Å². The Balaban J connectivity index is 0.000000829. The van der Waals surface area contributed by atoms with Gasteiger partial charge in [0.05, 0.1) is 5.69 Å². The van der Waals surface area contributed by atoms with Gasteiger partial charge in [-0.2, -0.15) is 0 Å². The van der Waals surface area contributed by atoms with Gasteiger partial charge in [-0.05, 0) is 43.5 Å². The van der Waals surface area contributed by atoms with Gasteiger partial charge in [-0.25, -0.2) is 0 Å². The molecule has 0 spiro atoms. The maximum absolute atomic E-state index is 3.90. The Labute approximate surface area is 125 Å². The van der Waals surface area contributed by atoms with Gasteiger partial charge in [-0.15, -0.1) is 0 Å². The molecular formula is C19H29N. The van der Waals surface area contributed by atoms with Crippen LogP contribution in [0.4, 0.5) is 0 Å². The lowest BCUT2D eigenvalue weighted by Crippen LogP contribution is -1.98. The SMILES string of the molecule is C=Cc1c(/C=C\C)ccn1C1=CCCC=C1.CC.CC. The molecule has 1 aliphatic rings. The molecule has 1 aromatic rings. The normalized spacial score (nSPS) is 12.9. The molecule has 1 aliphatic carbocycles. The van der Waals surface area contributed by atoms with Crippen LogP contribution in [-0.2, 0) is 0 Å². The van der Waals surface area contributed by atoms with Crippen LogP contribution in [0.3, 0.4) is 0 Å². The third-order valence-electron chi connectivity index (χ3n) is 2.75. The average Bonchev–Trinajstić information content (AvgIpc) is 2.95. The van der Waals surface area contributed by atoms with Crippen LogP contribution in [0.25, 0.3) is 17.8 Å². The highest BCUT2D eigenvalue weighted by molar-refractivity contribution is 5.70. The van der Waals surface area contributed by atoms with E-state index >= 15 is 0 Å². The first kappa shape index (κ1) is 18.2. The molecule has 1 aromatic heterocycles. The molecular weight excluding hydrogens is 242 g/mol. The highest BCUT2D eigenvalue weighted by Gasteiger charge is 2.06. The zero-order chi connectivity index (χ0) is 15.4. The lowest BCUT2D eigenvalue weighted by Gasteiger charge is -2.11. The van der Waals surface area contributed by atoms with Crippen LogP contribution in [0.15, 0.2) is 43.1 Å². The Morgan fingerprint density at radius 2 is 1.85 bits per heavy atom. The van der Waals surface area contributed by atoms with Crippen molar-refractivity contribution in [2.75, 3.05) is 0 Å². The van der Waals surface area contributed by atoms with Gasteiger partial charge >= 0.3 is 0 Å². The Morgan fingerprint density at radius 3 is 2.35 bits per heavy atom. The van der Waals surface area contributed by atoms with Crippen molar-refractivity contribution in [2.45, 2.75) is 47.5 Å². The molecule has 0 unspecified atom stereocenters. The van der Waals surface area contributed by atoms with Crippen LogP contribution < -0.4 is 0 Å². The number of allylic oxidation sites excluding steroid dienone is 5. The van der Waals surface area contributed by atoms with E-state index in [1.54, 1.807) is 0 Å². The van der Waals surface area contributed by atoms with Crippen molar-refractivity contribution in [2.24, 2.45) is 0 Å². The maximum Gasteiger partial charge on any atom is 0.0522 e. The number of rotatable bonds is 3. The molecule has 0 saturated carbocycles. The summed E-state index contributed by atoms with van der Waals surface area (Å²) in [5.74, 6) is 0. The van der Waals surface area contributed by atoms with Gasteiger partial charge in [-0.1, -0.05) is 58.6 Å². The zero-order valence-corrected chi connectivity index (χ0v) is 13.7. The van der Waals surface area contributed by atoms with Crippen LogP contribution >= 0.6 is 0 Å². The van der Waals surface area contributed by atoms with Gasteiger partial charge < -0.3 is 4.57 Å². The summed E-state index contributed by atoms with van der Waals surface area (Å²) in [6.07, 6.45) is 17.1. The van der Waals surface area contributed by atoms with Crippen molar-refractivity contribution in [3.63, 3.8) is 0 Å².